The summed E-state index contributed by atoms with van der Waals surface area (Å²) in [6.45, 7) is 4.58. The van der Waals surface area contributed by atoms with Crippen molar-refractivity contribution in [3.05, 3.63) is 48.4 Å². The number of rotatable bonds is 4. The maximum absolute atomic E-state index is 13.5. The SMILES string of the molecule is O=C(c1ccco1)N1CCN(C2CC(=O)N(c3ccc(N4CC[C@@H](F)C4)cc3)C2)CC1. The number of amides is 2. The van der Waals surface area contributed by atoms with Crippen LogP contribution >= 0.6 is 0 Å². The summed E-state index contributed by atoms with van der Waals surface area (Å²) in [5.41, 5.74) is 1.89. The van der Waals surface area contributed by atoms with Crippen LogP contribution in [0.1, 0.15) is 23.4 Å². The van der Waals surface area contributed by atoms with E-state index in [4.69, 9.17) is 4.42 Å². The number of nitrogens with zero attached hydrogens (tertiary/aromatic N) is 4. The lowest BCUT2D eigenvalue weighted by Crippen LogP contribution is -2.52. The maximum Gasteiger partial charge on any atom is 0.289 e. The van der Waals surface area contributed by atoms with Gasteiger partial charge in [0.1, 0.15) is 6.17 Å². The van der Waals surface area contributed by atoms with Crippen LogP contribution in [0, 0.1) is 0 Å². The van der Waals surface area contributed by atoms with Crippen molar-refractivity contribution in [1.82, 2.24) is 9.80 Å². The molecule has 0 radical (unpaired) electrons. The van der Waals surface area contributed by atoms with Crippen LogP contribution in [0.2, 0.25) is 0 Å². The molecule has 0 saturated carbocycles. The minimum atomic E-state index is -0.754. The average Bonchev–Trinajstić information content (AvgIpc) is 3.55. The number of hydrogen-bond acceptors (Lipinski definition) is 5. The molecule has 31 heavy (non-hydrogen) atoms. The van der Waals surface area contributed by atoms with Gasteiger partial charge >= 0.3 is 0 Å². The molecule has 0 N–H and O–H groups in total. The van der Waals surface area contributed by atoms with Gasteiger partial charge in [0.05, 0.1) is 6.26 Å². The quantitative estimate of drug-likeness (QED) is 0.752. The van der Waals surface area contributed by atoms with E-state index in [0.717, 1.165) is 31.0 Å². The first-order valence-corrected chi connectivity index (χ1v) is 10.9. The van der Waals surface area contributed by atoms with Crippen molar-refractivity contribution in [2.45, 2.75) is 25.1 Å². The molecule has 0 spiro atoms. The van der Waals surface area contributed by atoms with Gasteiger partial charge in [0.25, 0.3) is 5.91 Å². The minimum Gasteiger partial charge on any atom is -0.459 e. The first-order valence-electron chi connectivity index (χ1n) is 10.9. The van der Waals surface area contributed by atoms with Crippen LogP contribution in [0.25, 0.3) is 0 Å². The Balaban J connectivity index is 1.17. The minimum absolute atomic E-state index is 0.0778. The highest BCUT2D eigenvalue weighted by Crippen LogP contribution is 2.29. The molecule has 2 amide bonds. The Morgan fingerprint density at radius 3 is 2.35 bits per heavy atom. The molecule has 0 bridgehead atoms. The van der Waals surface area contributed by atoms with Gasteiger partial charge in [-0.3, -0.25) is 14.5 Å². The number of hydrogen-bond donors (Lipinski definition) is 0. The number of piperazine rings is 1. The van der Waals surface area contributed by atoms with Crippen molar-refractivity contribution in [1.29, 1.82) is 0 Å². The van der Waals surface area contributed by atoms with E-state index in [1.54, 1.807) is 12.1 Å². The smallest absolute Gasteiger partial charge is 0.289 e. The third kappa shape index (κ3) is 4.04. The molecule has 3 fully saturated rings. The molecule has 3 aliphatic rings. The van der Waals surface area contributed by atoms with Gasteiger partial charge in [0.15, 0.2) is 5.76 Å². The summed E-state index contributed by atoms with van der Waals surface area (Å²) < 4.78 is 18.7. The monoisotopic (exact) mass is 426 g/mol. The molecule has 3 saturated heterocycles. The van der Waals surface area contributed by atoms with E-state index < -0.39 is 6.17 Å². The normalized spacial score (nSPS) is 24.9. The molecule has 1 aromatic heterocycles. The van der Waals surface area contributed by atoms with Gasteiger partial charge in [-0.25, -0.2) is 4.39 Å². The largest absolute Gasteiger partial charge is 0.459 e. The van der Waals surface area contributed by atoms with Crippen LogP contribution in [0.4, 0.5) is 15.8 Å². The molecule has 1 aromatic carbocycles. The van der Waals surface area contributed by atoms with Gasteiger partial charge in [-0.1, -0.05) is 0 Å². The van der Waals surface area contributed by atoms with Crippen molar-refractivity contribution < 1.29 is 18.4 Å². The van der Waals surface area contributed by atoms with Gasteiger partial charge in [0, 0.05) is 69.7 Å². The highest BCUT2D eigenvalue weighted by Gasteiger charge is 2.36. The van der Waals surface area contributed by atoms with Gasteiger partial charge in [-0.05, 0) is 42.8 Å². The zero-order chi connectivity index (χ0) is 21.4. The van der Waals surface area contributed by atoms with Gasteiger partial charge in [-0.2, -0.15) is 0 Å². The van der Waals surface area contributed by atoms with Crippen molar-refractivity contribution in [3.63, 3.8) is 0 Å². The zero-order valence-electron chi connectivity index (χ0n) is 17.5. The zero-order valence-corrected chi connectivity index (χ0v) is 17.5. The Hall–Kier alpha value is -2.87. The maximum atomic E-state index is 13.5. The lowest BCUT2D eigenvalue weighted by molar-refractivity contribution is -0.117. The summed E-state index contributed by atoms with van der Waals surface area (Å²) in [4.78, 5) is 33.2. The fourth-order valence-electron chi connectivity index (χ4n) is 4.82. The molecule has 2 atom stereocenters. The Bertz CT molecular complexity index is 925. The van der Waals surface area contributed by atoms with Crippen LogP contribution in [0.5, 0.6) is 0 Å². The van der Waals surface area contributed by atoms with Crippen molar-refractivity contribution in [2.24, 2.45) is 0 Å². The first kappa shape index (κ1) is 20.1. The summed E-state index contributed by atoms with van der Waals surface area (Å²) in [6, 6.07) is 11.4. The molecule has 164 valence electrons. The second-order valence-corrected chi connectivity index (χ2v) is 8.52. The fraction of sp³-hybridized carbons (Fsp3) is 0.478. The molecule has 0 aliphatic carbocycles. The molecular formula is C23H27FN4O3. The summed E-state index contributed by atoms with van der Waals surface area (Å²) in [6.07, 6.45) is 1.82. The number of benzene rings is 1. The van der Waals surface area contributed by atoms with E-state index >= 15 is 0 Å². The number of carbonyl (C=O) groups is 2. The van der Waals surface area contributed by atoms with Crippen molar-refractivity contribution in [2.75, 3.05) is 55.6 Å². The van der Waals surface area contributed by atoms with Crippen molar-refractivity contribution >= 4 is 23.2 Å². The number of carbonyl (C=O) groups excluding carboxylic acids is 2. The highest BCUT2D eigenvalue weighted by molar-refractivity contribution is 5.96. The average molecular weight is 426 g/mol. The van der Waals surface area contributed by atoms with Crippen LogP contribution in [-0.4, -0.2) is 79.6 Å². The van der Waals surface area contributed by atoms with Crippen LogP contribution < -0.4 is 9.80 Å². The summed E-state index contributed by atoms with van der Waals surface area (Å²) in [5, 5.41) is 0. The predicted molar refractivity (Wildman–Crippen MR) is 115 cm³/mol. The van der Waals surface area contributed by atoms with Crippen molar-refractivity contribution in [3.8, 4) is 0 Å². The number of halogens is 1. The van der Waals surface area contributed by atoms with E-state index in [9.17, 15) is 14.0 Å². The Kier molecular flexibility index (Phi) is 5.40. The second kappa shape index (κ2) is 8.34. The predicted octanol–water partition coefficient (Wildman–Crippen LogP) is 2.39. The Morgan fingerprint density at radius 2 is 1.71 bits per heavy atom. The Morgan fingerprint density at radius 1 is 0.968 bits per heavy atom. The van der Waals surface area contributed by atoms with E-state index in [2.05, 4.69) is 4.90 Å². The molecule has 8 heteroatoms. The molecule has 4 heterocycles. The van der Waals surface area contributed by atoms with E-state index in [1.807, 2.05) is 39.0 Å². The van der Waals surface area contributed by atoms with Gasteiger partial charge in [-0.15, -0.1) is 0 Å². The molecule has 5 rings (SSSR count). The molecule has 1 unspecified atom stereocenters. The Labute approximate surface area is 181 Å². The van der Waals surface area contributed by atoms with E-state index in [-0.39, 0.29) is 17.9 Å². The summed E-state index contributed by atoms with van der Waals surface area (Å²) >= 11 is 0. The third-order valence-corrected chi connectivity index (χ3v) is 6.61. The van der Waals surface area contributed by atoms with E-state index in [1.165, 1.54) is 6.26 Å². The number of alkyl halides is 1. The lowest BCUT2D eigenvalue weighted by atomic mass is 10.2. The molecule has 3 aliphatic heterocycles. The number of anilines is 2. The molecule has 2 aromatic rings. The first-order chi connectivity index (χ1) is 15.1. The summed E-state index contributed by atoms with van der Waals surface area (Å²) in [7, 11) is 0. The van der Waals surface area contributed by atoms with E-state index in [0.29, 0.717) is 44.8 Å². The van der Waals surface area contributed by atoms with Gasteiger partial charge < -0.3 is 19.1 Å². The topological polar surface area (TPSA) is 60.2 Å². The lowest BCUT2D eigenvalue weighted by Gasteiger charge is -2.37. The third-order valence-electron chi connectivity index (χ3n) is 6.61. The fourth-order valence-corrected chi connectivity index (χ4v) is 4.82. The van der Waals surface area contributed by atoms with Crippen LogP contribution in [-0.2, 0) is 4.79 Å². The van der Waals surface area contributed by atoms with Crippen LogP contribution in [0.15, 0.2) is 47.1 Å². The van der Waals surface area contributed by atoms with Gasteiger partial charge in [0.2, 0.25) is 5.91 Å². The molecule has 7 nitrogen and oxygen atoms in total. The highest BCUT2D eigenvalue weighted by atomic mass is 19.1. The van der Waals surface area contributed by atoms with Crippen LogP contribution in [0.3, 0.4) is 0 Å². The summed E-state index contributed by atoms with van der Waals surface area (Å²) in [5.74, 6) is 0.415. The standard InChI is InChI=1S/C23H27FN4O3/c24-17-7-8-27(15-17)18-3-5-19(6-4-18)28-16-20(14-22(28)29)25-9-11-26(12-10-25)23(30)21-2-1-13-31-21/h1-6,13,17,20H,7-12,14-16H2/t17-,20?/m1/s1. The second-order valence-electron chi connectivity index (χ2n) is 8.52. The molecular weight excluding hydrogens is 399 g/mol. The number of furan rings is 1.